The van der Waals surface area contributed by atoms with Crippen LogP contribution in [0.2, 0.25) is 0 Å². The maximum atomic E-state index is 16.8. The standard InChI is InChI=1S/C33H36F3N5O3/c1-4-23-26(35)7-6-20-10-22(42)11-24(27(20)23)29-28(36)30-25(13-37-29)31(40-14-18(2)44-19(3)15-40)39-32(38-30)43-17-33-8-5-9-41(33)16-21(34)12-33/h6-7,10-11,13,18-19,21,42H,4-5,8-9,12,14-17H2,1-3H3/t18-,19+,21-,33+/m1/s1. The smallest absolute Gasteiger partial charge is 0.319 e. The van der Waals surface area contributed by atoms with Gasteiger partial charge in [0.05, 0.1) is 23.1 Å². The van der Waals surface area contributed by atoms with Gasteiger partial charge in [0.2, 0.25) is 0 Å². The molecule has 8 nitrogen and oxygen atoms in total. The Labute approximate surface area is 253 Å². The third-order valence-electron chi connectivity index (χ3n) is 9.36. The predicted molar refractivity (Wildman–Crippen MR) is 162 cm³/mol. The van der Waals surface area contributed by atoms with E-state index in [1.165, 1.54) is 24.4 Å². The molecule has 11 heteroatoms. The van der Waals surface area contributed by atoms with Gasteiger partial charge < -0.3 is 19.5 Å². The topological polar surface area (TPSA) is 83.8 Å². The zero-order chi connectivity index (χ0) is 30.7. The SMILES string of the molecule is CCc1c(F)ccc2cc(O)cc(-c3ncc4c(N5C[C@@H](C)O[C@@H](C)C5)nc(OC[C@@]56CCCN5C[C@H](F)C6)nc4c3F)c12. The Morgan fingerprint density at radius 2 is 1.91 bits per heavy atom. The number of benzene rings is 2. The van der Waals surface area contributed by atoms with Crippen molar-refractivity contribution < 1.29 is 27.8 Å². The highest BCUT2D eigenvalue weighted by Crippen LogP contribution is 2.42. The third kappa shape index (κ3) is 4.90. The molecule has 0 unspecified atom stereocenters. The number of fused-ring (bicyclic) bond motifs is 3. The summed E-state index contributed by atoms with van der Waals surface area (Å²) < 4.78 is 58.3. The number of halogens is 3. The maximum absolute atomic E-state index is 16.8. The highest BCUT2D eigenvalue weighted by atomic mass is 19.1. The molecule has 2 aromatic heterocycles. The fourth-order valence-electron chi connectivity index (χ4n) is 7.55. The quantitative estimate of drug-likeness (QED) is 0.288. The predicted octanol–water partition coefficient (Wildman–Crippen LogP) is 5.96. The van der Waals surface area contributed by atoms with Crippen molar-refractivity contribution in [2.45, 2.75) is 70.4 Å². The normalized spacial score (nSPS) is 25.7. The van der Waals surface area contributed by atoms with Gasteiger partial charge in [-0.15, -0.1) is 0 Å². The first-order valence-electron chi connectivity index (χ1n) is 15.4. The summed E-state index contributed by atoms with van der Waals surface area (Å²) in [5, 5.41) is 12.0. The largest absolute Gasteiger partial charge is 0.508 e. The molecule has 0 saturated carbocycles. The Kier molecular flexibility index (Phi) is 7.28. The van der Waals surface area contributed by atoms with Crippen LogP contribution >= 0.6 is 0 Å². The first-order valence-corrected chi connectivity index (χ1v) is 15.4. The molecule has 0 radical (unpaired) electrons. The van der Waals surface area contributed by atoms with E-state index >= 15 is 4.39 Å². The molecule has 0 bridgehead atoms. The number of phenolic OH excluding ortho intramolecular Hbond substituents is 1. The summed E-state index contributed by atoms with van der Waals surface area (Å²) in [7, 11) is 0. The first-order chi connectivity index (χ1) is 21.2. The van der Waals surface area contributed by atoms with Gasteiger partial charge in [-0.3, -0.25) is 9.88 Å². The molecule has 5 heterocycles. The van der Waals surface area contributed by atoms with Gasteiger partial charge in [-0.05, 0) is 74.2 Å². The van der Waals surface area contributed by atoms with Crippen molar-refractivity contribution in [3.8, 4) is 23.0 Å². The lowest BCUT2D eigenvalue weighted by molar-refractivity contribution is -0.00542. The molecular weight excluding hydrogens is 571 g/mol. The number of alkyl halides is 1. The van der Waals surface area contributed by atoms with Gasteiger partial charge in [0.15, 0.2) is 5.82 Å². The van der Waals surface area contributed by atoms with Crippen molar-refractivity contribution >= 4 is 27.5 Å². The van der Waals surface area contributed by atoms with Crippen LogP contribution in [0.15, 0.2) is 30.5 Å². The Balaban J connectivity index is 1.38. The molecule has 0 amide bonds. The summed E-state index contributed by atoms with van der Waals surface area (Å²) >= 11 is 0. The number of aromatic hydroxyl groups is 1. The number of rotatable bonds is 6. The van der Waals surface area contributed by atoms with E-state index in [1.54, 1.807) is 6.07 Å². The summed E-state index contributed by atoms with van der Waals surface area (Å²) in [4.78, 5) is 18.0. The average molecular weight is 608 g/mol. The molecular formula is C33H36F3N5O3. The van der Waals surface area contributed by atoms with Gasteiger partial charge in [-0.1, -0.05) is 13.0 Å². The Morgan fingerprint density at radius 1 is 1.11 bits per heavy atom. The van der Waals surface area contributed by atoms with Crippen LogP contribution in [0.25, 0.3) is 32.9 Å². The molecule has 0 aliphatic carbocycles. The van der Waals surface area contributed by atoms with E-state index in [4.69, 9.17) is 14.5 Å². The van der Waals surface area contributed by atoms with Gasteiger partial charge in [0.25, 0.3) is 0 Å². The van der Waals surface area contributed by atoms with Crippen molar-refractivity contribution in [3.05, 3.63) is 47.7 Å². The summed E-state index contributed by atoms with van der Waals surface area (Å²) in [6.45, 7) is 8.22. The summed E-state index contributed by atoms with van der Waals surface area (Å²) in [5.41, 5.74) is 0.194. The maximum Gasteiger partial charge on any atom is 0.319 e. The summed E-state index contributed by atoms with van der Waals surface area (Å²) in [6.07, 6.45) is 2.97. The second-order valence-electron chi connectivity index (χ2n) is 12.5. The van der Waals surface area contributed by atoms with E-state index < -0.39 is 23.3 Å². The number of aromatic nitrogens is 3. The lowest BCUT2D eigenvalue weighted by atomic mass is 9.94. The van der Waals surface area contributed by atoms with Gasteiger partial charge in [0.1, 0.15) is 41.4 Å². The molecule has 7 rings (SSSR count). The Hall–Kier alpha value is -3.70. The van der Waals surface area contributed by atoms with Crippen LogP contribution in [-0.4, -0.2) is 81.7 Å². The molecule has 2 aromatic carbocycles. The zero-order valence-electron chi connectivity index (χ0n) is 25.1. The minimum Gasteiger partial charge on any atom is -0.508 e. The lowest BCUT2D eigenvalue weighted by Gasteiger charge is -2.36. The number of phenols is 1. The third-order valence-corrected chi connectivity index (χ3v) is 9.36. The number of hydrogen-bond donors (Lipinski definition) is 1. The molecule has 0 spiro atoms. The van der Waals surface area contributed by atoms with Crippen molar-refractivity contribution in [1.29, 1.82) is 0 Å². The van der Waals surface area contributed by atoms with Crippen LogP contribution in [0.4, 0.5) is 19.0 Å². The summed E-state index contributed by atoms with van der Waals surface area (Å²) in [6, 6.07) is 5.85. The van der Waals surface area contributed by atoms with Crippen LogP contribution in [0.1, 0.15) is 45.6 Å². The second kappa shape index (κ2) is 11.0. The van der Waals surface area contributed by atoms with Crippen molar-refractivity contribution in [2.75, 3.05) is 37.7 Å². The van der Waals surface area contributed by atoms with Crippen LogP contribution in [-0.2, 0) is 11.2 Å². The minimum absolute atomic E-state index is 0.0000558. The molecule has 4 atom stereocenters. The number of nitrogens with zero attached hydrogens (tertiary/aromatic N) is 5. The van der Waals surface area contributed by atoms with Crippen molar-refractivity contribution in [2.24, 2.45) is 0 Å². The van der Waals surface area contributed by atoms with Gasteiger partial charge >= 0.3 is 6.01 Å². The van der Waals surface area contributed by atoms with Crippen LogP contribution in [0.3, 0.4) is 0 Å². The van der Waals surface area contributed by atoms with Gasteiger partial charge in [-0.25, -0.2) is 13.2 Å². The van der Waals surface area contributed by atoms with E-state index in [0.717, 1.165) is 19.4 Å². The van der Waals surface area contributed by atoms with Crippen LogP contribution in [0.5, 0.6) is 11.8 Å². The molecule has 3 saturated heterocycles. The number of aryl methyl sites for hydroxylation is 1. The molecule has 4 aromatic rings. The highest BCUT2D eigenvalue weighted by Gasteiger charge is 2.49. The lowest BCUT2D eigenvalue weighted by Crippen LogP contribution is -2.46. The minimum atomic E-state index is -0.913. The average Bonchev–Trinajstić information content (AvgIpc) is 3.51. The number of pyridine rings is 1. The molecule has 3 aliphatic heterocycles. The van der Waals surface area contributed by atoms with E-state index in [9.17, 15) is 13.9 Å². The number of ether oxygens (including phenoxy) is 2. The van der Waals surface area contributed by atoms with Gasteiger partial charge in [-0.2, -0.15) is 9.97 Å². The first kappa shape index (κ1) is 29.0. The molecule has 232 valence electrons. The van der Waals surface area contributed by atoms with E-state index in [2.05, 4.69) is 14.9 Å². The monoisotopic (exact) mass is 607 g/mol. The molecule has 3 aliphatic rings. The zero-order valence-corrected chi connectivity index (χ0v) is 25.1. The fraction of sp³-hybridized carbons (Fsp3) is 0.485. The molecule has 44 heavy (non-hydrogen) atoms. The van der Waals surface area contributed by atoms with Crippen molar-refractivity contribution in [1.82, 2.24) is 19.9 Å². The van der Waals surface area contributed by atoms with E-state index in [0.29, 0.717) is 60.0 Å². The highest BCUT2D eigenvalue weighted by molar-refractivity contribution is 6.01. The molecule has 1 N–H and O–H groups in total. The van der Waals surface area contributed by atoms with Crippen LogP contribution in [0, 0.1) is 11.6 Å². The Morgan fingerprint density at radius 3 is 2.68 bits per heavy atom. The number of morpholine rings is 1. The number of hydrogen-bond acceptors (Lipinski definition) is 8. The molecule has 3 fully saturated rings. The number of anilines is 1. The summed E-state index contributed by atoms with van der Waals surface area (Å²) in [5.74, 6) is -0.753. The van der Waals surface area contributed by atoms with Crippen molar-refractivity contribution in [3.63, 3.8) is 0 Å². The Bertz CT molecular complexity index is 1750. The second-order valence-corrected chi connectivity index (χ2v) is 12.5. The fourth-order valence-corrected chi connectivity index (χ4v) is 7.55. The van der Waals surface area contributed by atoms with E-state index in [-0.39, 0.29) is 47.3 Å². The van der Waals surface area contributed by atoms with Crippen LogP contribution < -0.4 is 9.64 Å². The van der Waals surface area contributed by atoms with Gasteiger partial charge in [0, 0.05) is 37.8 Å². The van der Waals surface area contributed by atoms with E-state index in [1.807, 2.05) is 25.7 Å².